The smallest absolute Gasteiger partial charge is 0.338 e. The number of hydrogen-bond acceptors (Lipinski definition) is 7. The maximum absolute atomic E-state index is 13.1. The van der Waals surface area contributed by atoms with Crippen LogP contribution in [0.4, 0.5) is 5.69 Å². The topological polar surface area (TPSA) is 90.1 Å². The Morgan fingerprint density at radius 1 is 0.973 bits per heavy atom. The van der Waals surface area contributed by atoms with Crippen LogP contribution >= 0.6 is 0 Å². The van der Waals surface area contributed by atoms with Crippen molar-refractivity contribution in [2.75, 3.05) is 31.6 Å². The van der Waals surface area contributed by atoms with E-state index in [4.69, 9.17) is 13.9 Å². The van der Waals surface area contributed by atoms with Gasteiger partial charge in [0.2, 0.25) is 0 Å². The van der Waals surface area contributed by atoms with E-state index < -0.39 is 11.9 Å². The van der Waals surface area contributed by atoms with E-state index in [1.54, 1.807) is 19.1 Å². The minimum absolute atomic E-state index is 0.0490. The fourth-order valence-corrected chi connectivity index (χ4v) is 4.11. The Hall–Kier alpha value is -4.39. The number of carbonyl (C=O) groups is 2. The van der Waals surface area contributed by atoms with Crippen molar-refractivity contribution in [1.82, 2.24) is 0 Å². The van der Waals surface area contributed by atoms with Crippen LogP contribution in [0.15, 0.2) is 82.2 Å². The number of hydrogen-bond donors (Lipinski definition) is 1. The van der Waals surface area contributed by atoms with E-state index >= 15 is 0 Å². The van der Waals surface area contributed by atoms with E-state index in [-0.39, 0.29) is 18.8 Å². The lowest BCUT2D eigenvalue weighted by Crippen LogP contribution is -2.15. The standard InChI is InChI=1S/C30H30N2O5/c1-5-31-20-11-13-24-26(17-20)37-27-18-21(32-6-2)12-14-25(27)28(24)22-9-7-8-10-23(22)30(34)36-16-15-35-29(33)19(3)4/h7-14,17-18,31H,3,5-6,15-16H2,1-2,4H3/b32-21+. The first-order chi connectivity index (χ1) is 17.9. The van der Waals surface area contributed by atoms with Crippen molar-refractivity contribution in [3.8, 4) is 22.5 Å². The van der Waals surface area contributed by atoms with E-state index in [0.717, 1.165) is 34.1 Å². The molecule has 7 nitrogen and oxygen atoms in total. The molecule has 0 aromatic heterocycles. The Kier molecular flexibility index (Phi) is 8.03. The fraction of sp³-hybridized carbons (Fsp3) is 0.233. The first-order valence-electron chi connectivity index (χ1n) is 12.3. The quantitative estimate of drug-likeness (QED) is 0.135. The molecule has 2 aromatic carbocycles. The highest BCUT2D eigenvalue weighted by molar-refractivity contribution is 6.08. The van der Waals surface area contributed by atoms with Crippen molar-refractivity contribution >= 4 is 28.6 Å². The third kappa shape index (κ3) is 5.72. The number of benzene rings is 3. The van der Waals surface area contributed by atoms with E-state index in [1.807, 2.05) is 62.4 Å². The Balaban J connectivity index is 1.80. The average Bonchev–Trinajstić information content (AvgIpc) is 2.89. The predicted octanol–water partition coefficient (Wildman–Crippen LogP) is 5.83. The zero-order valence-corrected chi connectivity index (χ0v) is 21.3. The Bertz CT molecular complexity index is 1500. The van der Waals surface area contributed by atoms with Gasteiger partial charge in [-0.2, -0.15) is 0 Å². The van der Waals surface area contributed by atoms with Gasteiger partial charge in [-0.3, -0.25) is 4.99 Å². The number of ether oxygens (including phenoxy) is 2. The van der Waals surface area contributed by atoms with E-state index in [2.05, 4.69) is 16.9 Å². The summed E-state index contributed by atoms with van der Waals surface area (Å²) in [6.45, 7) is 10.4. The van der Waals surface area contributed by atoms with E-state index in [1.165, 1.54) is 0 Å². The highest BCUT2D eigenvalue weighted by atomic mass is 16.6. The number of esters is 2. The van der Waals surface area contributed by atoms with Crippen LogP contribution in [0.2, 0.25) is 0 Å². The fourth-order valence-electron chi connectivity index (χ4n) is 4.11. The molecule has 0 saturated heterocycles. The normalized spacial score (nSPS) is 11.5. The molecule has 7 heteroatoms. The van der Waals surface area contributed by atoms with Crippen LogP contribution in [0.25, 0.3) is 33.4 Å². The zero-order chi connectivity index (χ0) is 26.4. The number of rotatable bonds is 9. The maximum atomic E-state index is 13.1. The molecule has 2 aliphatic rings. The summed E-state index contributed by atoms with van der Waals surface area (Å²) in [5.41, 5.74) is 4.75. The predicted molar refractivity (Wildman–Crippen MR) is 145 cm³/mol. The van der Waals surface area contributed by atoms with Crippen LogP contribution in [-0.4, -0.2) is 38.2 Å². The molecule has 2 aromatic rings. The van der Waals surface area contributed by atoms with Gasteiger partial charge in [0.1, 0.15) is 24.6 Å². The lowest BCUT2D eigenvalue weighted by atomic mass is 9.90. The summed E-state index contributed by atoms with van der Waals surface area (Å²) in [7, 11) is 0. The van der Waals surface area contributed by atoms with Gasteiger partial charge in [0.15, 0.2) is 0 Å². The minimum Gasteiger partial charge on any atom is -0.459 e. The second-order valence-electron chi connectivity index (χ2n) is 8.47. The molecule has 1 aliphatic heterocycles. The van der Waals surface area contributed by atoms with Gasteiger partial charge in [0.25, 0.3) is 0 Å². The molecule has 0 saturated carbocycles. The highest BCUT2D eigenvalue weighted by Crippen LogP contribution is 2.41. The Morgan fingerprint density at radius 3 is 2.51 bits per heavy atom. The molecule has 0 radical (unpaired) electrons. The molecular formula is C30H30N2O5. The third-order valence-corrected chi connectivity index (χ3v) is 5.74. The Morgan fingerprint density at radius 2 is 1.76 bits per heavy atom. The van der Waals surface area contributed by atoms with Crippen molar-refractivity contribution in [2.24, 2.45) is 4.99 Å². The zero-order valence-electron chi connectivity index (χ0n) is 21.3. The molecule has 0 bridgehead atoms. The van der Waals surface area contributed by atoms with Gasteiger partial charge in [-0.15, -0.1) is 0 Å². The highest BCUT2D eigenvalue weighted by Gasteiger charge is 2.22. The van der Waals surface area contributed by atoms with E-state index in [9.17, 15) is 9.59 Å². The molecular weight excluding hydrogens is 468 g/mol. The summed E-state index contributed by atoms with van der Waals surface area (Å²) in [4.78, 5) is 29.2. The number of anilines is 1. The molecule has 4 rings (SSSR count). The van der Waals surface area contributed by atoms with Gasteiger partial charge >= 0.3 is 11.9 Å². The van der Waals surface area contributed by atoms with Crippen molar-refractivity contribution in [2.45, 2.75) is 20.8 Å². The SMILES string of the molecule is C=C(C)C(=O)OCCOC(=O)c1ccccc1-c1c2cc/c(=N\CC)cc-2oc2cc(NCC)ccc12. The maximum Gasteiger partial charge on any atom is 0.338 e. The van der Waals surface area contributed by atoms with Crippen LogP contribution in [-0.2, 0) is 14.3 Å². The van der Waals surface area contributed by atoms with Crippen molar-refractivity contribution in [1.29, 1.82) is 0 Å². The Labute approximate surface area is 215 Å². The molecule has 0 spiro atoms. The van der Waals surface area contributed by atoms with Gasteiger partial charge in [-0.25, -0.2) is 9.59 Å². The molecule has 0 unspecified atom stereocenters. The molecule has 37 heavy (non-hydrogen) atoms. The van der Waals surface area contributed by atoms with Crippen molar-refractivity contribution in [3.63, 3.8) is 0 Å². The van der Waals surface area contributed by atoms with Crippen molar-refractivity contribution in [3.05, 3.63) is 83.7 Å². The number of nitrogens with one attached hydrogen (secondary N) is 1. The third-order valence-electron chi connectivity index (χ3n) is 5.74. The van der Waals surface area contributed by atoms with Gasteiger partial charge in [0.05, 0.1) is 10.9 Å². The van der Waals surface area contributed by atoms with Crippen LogP contribution in [0.3, 0.4) is 0 Å². The molecule has 1 N–H and O–H groups in total. The van der Waals surface area contributed by atoms with Crippen LogP contribution in [0.1, 0.15) is 31.1 Å². The summed E-state index contributed by atoms with van der Waals surface area (Å²) < 4.78 is 16.8. The van der Waals surface area contributed by atoms with E-state index in [0.29, 0.717) is 29.0 Å². The van der Waals surface area contributed by atoms with Crippen LogP contribution in [0.5, 0.6) is 0 Å². The molecule has 0 amide bonds. The minimum atomic E-state index is -0.520. The summed E-state index contributed by atoms with van der Waals surface area (Å²) in [5, 5.41) is 5.01. The molecule has 1 aliphatic carbocycles. The number of fused-ring (bicyclic) bond motifs is 2. The second kappa shape index (κ2) is 11.6. The average molecular weight is 499 g/mol. The van der Waals surface area contributed by atoms with Crippen LogP contribution in [0, 0.1) is 0 Å². The molecule has 0 fully saturated rings. The van der Waals surface area contributed by atoms with Crippen LogP contribution < -0.4 is 10.7 Å². The molecule has 190 valence electrons. The first-order valence-corrected chi connectivity index (χ1v) is 12.3. The summed E-state index contributed by atoms with van der Waals surface area (Å²) in [5.74, 6) is -0.361. The second-order valence-corrected chi connectivity index (χ2v) is 8.47. The first kappa shape index (κ1) is 25.7. The lowest BCUT2D eigenvalue weighted by molar-refractivity contribution is -0.140. The molecule has 1 heterocycles. The summed E-state index contributed by atoms with van der Waals surface area (Å²) in [6.07, 6.45) is 0. The van der Waals surface area contributed by atoms with Gasteiger partial charge in [-0.05, 0) is 56.7 Å². The monoisotopic (exact) mass is 498 g/mol. The number of nitrogens with zero attached hydrogens (tertiary/aromatic N) is 1. The molecule has 0 atom stereocenters. The summed E-state index contributed by atoms with van der Waals surface area (Å²) in [6, 6.07) is 19.1. The van der Waals surface area contributed by atoms with Crippen molar-refractivity contribution < 1.29 is 23.5 Å². The van der Waals surface area contributed by atoms with Gasteiger partial charge in [-0.1, -0.05) is 24.8 Å². The van der Waals surface area contributed by atoms with Gasteiger partial charge < -0.3 is 19.2 Å². The van der Waals surface area contributed by atoms with Gasteiger partial charge in [0, 0.05) is 53.0 Å². The largest absolute Gasteiger partial charge is 0.459 e. The summed E-state index contributed by atoms with van der Waals surface area (Å²) >= 11 is 0. The number of carbonyl (C=O) groups excluding carboxylic acids is 2. The lowest BCUT2D eigenvalue weighted by Gasteiger charge is -2.18.